The number of rotatable bonds is 6. The van der Waals surface area contributed by atoms with Crippen molar-refractivity contribution in [2.75, 3.05) is 26.0 Å². The van der Waals surface area contributed by atoms with Crippen molar-refractivity contribution in [3.8, 4) is 0 Å². The van der Waals surface area contributed by atoms with Crippen molar-refractivity contribution >= 4 is 29.3 Å². The van der Waals surface area contributed by atoms with Crippen LogP contribution in [-0.2, 0) is 9.53 Å². The minimum absolute atomic E-state index is 0.0191. The zero-order valence-electron chi connectivity index (χ0n) is 9.92. The molecule has 1 fully saturated rings. The topological polar surface area (TPSA) is 38.3 Å². The predicted molar refractivity (Wildman–Crippen MR) is 69.2 cm³/mol. The first kappa shape index (κ1) is 14.1. The molecule has 1 aliphatic heterocycles. The minimum atomic E-state index is -0.219. The first-order chi connectivity index (χ1) is 7.58. The van der Waals surface area contributed by atoms with Crippen molar-refractivity contribution in [1.82, 2.24) is 5.32 Å². The van der Waals surface area contributed by atoms with E-state index >= 15 is 0 Å². The number of nitrogens with one attached hydrogen (secondary N) is 1. The molecule has 1 N–H and O–H groups in total. The van der Waals surface area contributed by atoms with Gasteiger partial charge < -0.3 is 10.1 Å². The standard InChI is InChI=1S/C11H20ClNO2S/c1-11(5-3-7-16-11)10(14)13-6-4-9(12)8-15-2/h9H,3-8H2,1-2H3,(H,13,14). The first-order valence-corrected chi connectivity index (χ1v) is 7.06. The largest absolute Gasteiger partial charge is 0.383 e. The van der Waals surface area contributed by atoms with E-state index < -0.39 is 0 Å². The molecular formula is C11H20ClNO2S. The summed E-state index contributed by atoms with van der Waals surface area (Å²) in [5.74, 6) is 1.24. The summed E-state index contributed by atoms with van der Waals surface area (Å²) in [6, 6.07) is 0. The van der Waals surface area contributed by atoms with E-state index in [0.717, 1.165) is 25.0 Å². The number of carbonyl (C=O) groups is 1. The lowest BCUT2D eigenvalue weighted by atomic mass is 10.0. The summed E-state index contributed by atoms with van der Waals surface area (Å²) in [7, 11) is 1.63. The molecule has 0 bridgehead atoms. The third-order valence-electron chi connectivity index (χ3n) is 2.79. The molecule has 3 nitrogen and oxygen atoms in total. The maximum absolute atomic E-state index is 11.9. The van der Waals surface area contributed by atoms with Gasteiger partial charge in [0.2, 0.25) is 5.91 Å². The van der Waals surface area contributed by atoms with Crippen LogP contribution in [0.25, 0.3) is 0 Å². The van der Waals surface area contributed by atoms with E-state index in [2.05, 4.69) is 5.32 Å². The molecular weight excluding hydrogens is 246 g/mol. The van der Waals surface area contributed by atoms with Crippen molar-refractivity contribution in [2.45, 2.75) is 36.3 Å². The molecule has 0 saturated carbocycles. The van der Waals surface area contributed by atoms with Crippen LogP contribution in [0.2, 0.25) is 0 Å². The second-order valence-electron chi connectivity index (χ2n) is 4.28. The summed E-state index contributed by atoms with van der Waals surface area (Å²) >= 11 is 7.73. The average molecular weight is 266 g/mol. The Bertz CT molecular complexity index is 232. The number of hydrogen-bond acceptors (Lipinski definition) is 3. The van der Waals surface area contributed by atoms with Gasteiger partial charge in [-0.25, -0.2) is 0 Å². The van der Waals surface area contributed by atoms with E-state index in [1.165, 1.54) is 0 Å². The summed E-state index contributed by atoms with van der Waals surface area (Å²) in [5, 5.41) is 2.94. The summed E-state index contributed by atoms with van der Waals surface area (Å²) in [6.07, 6.45) is 2.87. The molecule has 2 atom stereocenters. The second-order valence-corrected chi connectivity index (χ2v) is 6.50. The maximum atomic E-state index is 11.9. The Labute approximate surface area is 107 Å². The third-order valence-corrected chi connectivity index (χ3v) is 4.65. The van der Waals surface area contributed by atoms with Crippen LogP contribution in [0, 0.1) is 0 Å². The first-order valence-electron chi connectivity index (χ1n) is 5.64. The van der Waals surface area contributed by atoms with E-state index in [1.807, 2.05) is 6.92 Å². The van der Waals surface area contributed by atoms with Gasteiger partial charge in [-0.15, -0.1) is 23.4 Å². The highest BCUT2D eigenvalue weighted by Crippen LogP contribution is 2.37. The quantitative estimate of drug-likeness (QED) is 0.747. The van der Waals surface area contributed by atoms with Crippen molar-refractivity contribution < 1.29 is 9.53 Å². The highest BCUT2D eigenvalue weighted by molar-refractivity contribution is 8.01. The van der Waals surface area contributed by atoms with E-state index in [-0.39, 0.29) is 16.0 Å². The van der Waals surface area contributed by atoms with Gasteiger partial charge in [0.15, 0.2) is 0 Å². The maximum Gasteiger partial charge on any atom is 0.235 e. The molecule has 0 aromatic carbocycles. The van der Waals surface area contributed by atoms with Gasteiger partial charge in [-0.3, -0.25) is 4.79 Å². The lowest BCUT2D eigenvalue weighted by Gasteiger charge is -2.21. The van der Waals surface area contributed by atoms with Crippen LogP contribution in [-0.4, -0.2) is 42.0 Å². The molecule has 1 aliphatic rings. The number of halogens is 1. The van der Waals surface area contributed by atoms with Crippen molar-refractivity contribution in [3.05, 3.63) is 0 Å². The van der Waals surface area contributed by atoms with Gasteiger partial charge in [0, 0.05) is 13.7 Å². The molecule has 0 aromatic heterocycles. The predicted octanol–water partition coefficient (Wildman–Crippen LogP) is 2.03. The van der Waals surface area contributed by atoms with Gasteiger partial charge in [0.05, 0.1) is 16.7 Å². The summed E-state index contributed by atoms with van der Waals surface area (Å²) in [5.41, 5.74) is 0. The van der Waals surface area contributed by atoms with Crippen LogP contribution in [0.15, 0.2) is 0 Å². The number of amides is 1. The molecule has 1 heterocycles. The zero-order chi connectivity index (χ0) is 12.0. The molecule has 5 heteroatoms. The monoisotopic (exact) mass is 265 g/mol. The summed E-state index contributed by atoms with van der Waals surface area (Å²) in [6.45, 7) is 3.18. The van der Waals surface area contributed by atoms with Gasteiger partial charge in [-0.2, -0.15) is 0 Å². The lowest BCUT2D eigenvalue weighted by molar-refractivity contribution is -0.123. The van der Waals surface area contributed by atoms with Gasteiger partial charge in [-0.1, -0.05) is 0 Å². The third kappa shape index (κ3) is 4.15. The number of hydrogen-bond donors (Lipinski definition) is 1. The fraction of sp³-hybridized carbons (Fsp3) is 0.909. The number of alkyl halides is 1. The molecule has 94 valence electrons. The molecule has 0 radical (unpaired) electrons. The number of thioether (sulfide) groups is 1. The molecule has 1 amide bonds. The molecule has 0 aromatic rings. The van der Waals surface area contributed by atoms with Crippen LogP contribution in [0.4, 0.5) is 0 Å². The van der Waals surface area contributed by atoms with Crippen LogP contribution in [0.3, 0.4) is 0 Å². The summed E-state index contributed by atoms with van der Waals surface area (Å²) < 4.78 is 4.71. The van der Waals surface area contributed by atoms with E-state index in [0.29, 0.717) is 13.2 Å². The smallest absolute Gasteiger partial charge is 0.235 e. The molecule has 1 rings (SSSR count). The highest BCUT2D eigenvalue weighted by Gasteiger charge is 2.36. The Balaban J connectivity index is 2.19. The Morgan fingerprint density at radius 3 is 3.00 bits per heavy atom. The van der Waals surface area contributed by atoms with Crippen LogP contribution >= 0.6 is 23.4 Å². The Morgan fingerprint density at radius 1 is 1.69 bits per heavy atom. The number of carbonyl (C=O) groups excluding carboxylic acids is 1. The molecule has 16 heavy (non-hydrogen) atoms. The molecule has 0 spiro atoms. The lowest BCUT2D eigenvalue weighted by Crippen LogP contribution is -2.41. The van der Waals surface area contributed by atoms with Gasteiger partial charge in [0.1, 0.15) is 0 Å². The highest BCUT2D eigenvalue weighted by atomic mass is 35.5. The Kier molecular flexibility index (Phi) is 5.94. The SMILES string of the molecule is COCC(Cl)CCNC(=O)C1(C)CCCS1. The fourth-order valence-corrected chi connectivity index (χ4v) is 3.22. The average Bonchev–Trinajstić information content (AvgIpc) is 2.67. The number of methoxy groups -OCH3 is 1. The number of ether oxygens (including phenoxy) is 1. The zero-order valence-corrected chi connectivity index (χ0v) is 11.5. The van der Waals surface area contributed by atoms with E-state index in [9.17, 15) is 4.79 Å². The Hall–Kier alpha value is 0.0700. The van der Waals surface area contributed by atoms with Crippen LogP contribution in [0.1, 0.15) is 26.2 Å². The molecule has 0 aliphatic carbocycles. The summed E-state index contributed by atoms with van der Waals surface area (Å²) in [4.78, 5) is 11.9. The fourth-order valence-electron chi connectivity index (χ4n) is 1.75. The molecule has 2 unspecified atom stereocenters. The second kappa shape index (κ2) is 6.72. The van der Waals surface area contributed by atoms with Gasteiger partial charge >= 0.3 is 0 Å². The van der Waals surface area contributed by atoms with E-state index in [4.69, 9.17) is 16.3 Å². The molecule has 1 saturated heterocycles. The van der Waals surface area contributed by atoms with Gasteiger partial charge in [-0.05, 0) is 31.9 Å². The van der Waals surface area contributed by atoms with Crippen molar-refractivity contribution in [2.24, 2.45) is 0 Å². The van der Waals surface area contributed by atoms with E-state index in [1.54, 1.807) is 18.9 Å². The van der Waals surface area contributed by atoms with Crippen LogP contribution in [0.5, 0.6) is 0 Å². The van der Waals surface area contributed by atoms with Crippen LogP contribution < -0.4 is 5.32 Å². The minimum Gasteiger partial charge on any atom is -0.383 e. The Morgan fingerprint density at radius 2 is 2.44 bits per heavy atom. The van der Waals surface area contributed by atoms with Crippen molar-refractivity contribution in [3.63, 3.8) is 0 Å². The van der Waals surface area contributed by atoms with Crippen molar-refractivity contribution in [1.29, 1.82) is 0 Å². The van der Waals surface area contributed by atoms with Gasteiger partial charge in [0.25, 0.3) is 0 Å². The normalized spacial score (nSPS) is 26.7.